The molecule has 0 aliphatic heterocycles. The van der Waals surface area contributed by atoms with Crippen molar-refractivity contribution < 1.29 is 14.0 Å². The van der Waals surface area contributed by atoms with Crippen molar-refractivity contribution in [3.05, 3.63) is 54.6 Å². The molecule has 0 aromatic heterocycles. The van der Waals surface area contributed by atoms with Crippen molar-refractivity contribution in [1.29, 1.82) is 0 Å². The molecule has 0 aliphatic rings. The lowest BCUT2D eigenvalue weighted by molar-refractivity contribution is 0.0550. The van der Waals surface area contributed by atoms with E-state index in [1.807, 2.05) is 30.3 Å². The summed E-state index contributed by atoms with van der Waals surface area (Å²) in [5.41, 5.74) is 0.544. The molecule has 0 bridgehead atoms. The van der Waals surface area contributed by atoms with E-state index < -0.39 is 8.32 Å². The topological polar surface area (TPSA) is 35.5 Å². The summed E-state index contributed by atoms with van der Waals surface area (Å²) in [5.74, 6) is 0.550. The SMILES string of the molecule is C=CCOC(=O)c1ccc2cc(O[Si](C)(C)C(C)(C)C)ccc2c1. The Hall–Kier alpha value is -2.07. The van der Waals surface area contributed by atoms with Crippen molar-refractivity contribution in [2.24, 2.45) is 0 Å². The first kappa shape index (κ1) is 18.3. The minimum atomic E-state index is -1.86. The van der Waals surface area contributed by atoms with Crippen molar-refractivity contribution in [2.75, 3.05) is 6.61 Å². The molecule has 128 valence electrons. The Balaban J connectivity index is 2.27. The first-order valence-corrected chi connectivity index (χ1v) is 11.1. The van der Waals surface area contributed by atoms with Crippen LogP contribution in [0.4, 0.5) is 0 Å². The fourth-order valence-electron chi connectivity index (χ4n) is 2.08. The first-order valence-electron chi connectivity index (χ1n) is 8.15. The fraction of sp³-hybridized carbons (Fsp3) is 0.350. The molecule has 0 unspecified atom stereocenters. The lowest BCUT2D eigenvalue weighted by atomic mass is 10.1. The van der Waals surface area contributed by atoms with E-state index in [1.54, 1.807) is 12.1 Å². The standard InChI is InChI=1S/C20H26O3Si/c1-7-12-22-19(21)17-9-8-16-14-18(11-10-15(16)13-17)23-24(5,6)20(2,3)4/h7-11,13-14H,1,12H2,2-6H3. The minimum absolute atomic E-state index is 0.153. The zero-order valence-corrected chi connectivity index (χ0v) is 16.2. The Morgan fingerprint density at radius 1 is 1.12 bits per heavy atom. The summed E-state index contributed by atoms with van der Waals surface area (Å²) in [5, 5.41) is 2.19. The molecule has 4 heteroatoms. The summed E-state index contributed by atoms with van der Waals surface area (Å²) in [4.78, 5) is 11.9. The molecule has 3 nitrogen and oxygen atoms in total. The zero-order chi connectivity index (χ0) is 18.0. The van der Waals surface area contributed by atoms with Gasteiger partial charge in [0.1, 0.15) is 12.4 Å². The van der Waals surface area contributed by atoms with E-state index in [0.29, 0.717) is 5.56 Å². The minimum Gasteiger partial charge on any atom is -0.543 e. The molecule has 0 radical (unpaired) electrons. The van der Waals surface area contributed by atoms with Gasteiger partial charge in [0.2, 0.25) is 8.32 Å². The van der Waals surface area contributed by atoms with Crippen LogP contribution in [-0.4, -0.2) is 20.9 Å². The molecular weight excluding hydrogens is 316 g/mol. The molecule has 0 heterocycles. The highest BCUT2D eigenvalue weighted by atomic mass is 28.4. The van der Waals surface area contributed by atoms with E-state index in [4.69, 9.17) is 9.16 Å². The second-order valence-corrected chi connectivity index (χ2v) is 12.2. The van der Waals surface area contributed by atoms with Crippen molar-refractivity contribution in [3.8, 4) is 5.75 Å². The van der Waals surface area contributed by atoms with Gasteiger partial charge in [-0.25, -0.2) is 4.79 Å². The second kappa shape index (κ2) is 6.81. The van der Waals surface area contributed by atoms with Crippen LogP contribution in [0.3, 0.4) is 0 Å². The lowest BCUT2D eigenvalue weighted by Gasteiger charge is -2.36. The molecule has 0 aliphatic carbocycles. The van der Waals surface area contributed by atoms with Crippen molar-refractivity contribution >= 4 is 25.1 Å². The highest BCUT2D eigenvalue weighted by Gasteiger charge is 2.38. The van der Waals surface area contributed by atoms with Gasteiger partial charge in [-0.1, -0.05) is 45.6 Å². The van der Waals surface area contributed by atoms with E-state index in [1.165, 1.54) is 0 Å². The van der Waals surface area contributed by atoms with Gasteiger partial charge >= 0.3 is 5.97 Å². The molecule has 0 N–H and O–H groups in total. The van der Waals surface area contributed by atoms with Gasteiger partial charge in [0.25, 0.3) is 0 Å². The van der Waals surface area contributed by atoms with Crippen molar-refractivity contribution in [3.63, 3.8) is 0 Å². The Morgan fingerprint density at radius 3 is 2.38 bits per heavy atom. The van der Waals surface area contributed by atoms with E-state index in [0.717, 1.165) is 16.5 Å². The average Bonchev–Trinajstić information content (AvgIpc) is 2.50. The largest absolute Gasteiger partial charge is 0.543 e. The third-order valence-electron chi connectivity index (χ3n) is 4.56. The van der Waals surface area contributed by atoms with E-state index in [-0.39, 0.29) is 17.6 Å². The monoisotopic (exact) mass is 342 g/mol. The zero-order valence-electron chi connectivity index (χ0n) is 15.2. The van der Waals surface area contributed by atoms with Crippen LogP contribution in [-0.2, 0) is 4.74 Å². The maximum absolute atomic E-state index is 11.9. The lowest BCUT2D eigenvalue weighted by Crippen LogP contribution is -2.43. The third-order valence-corrected chi connectivity index (χ3v) is 8.92. The van der Waals surface area contributed by atoms with Gasteiger partial charge in [0, 0.05) is 0 Å². The van der Waals surface area contributed by atoms with Crippen LogP contribution in [0.15, 0.2) is 49.1 Å². The summed E-state index contributed by atoms with van der Waals surface area (Å²) in [6.45, 7) is 14.9. The predicted octanol–water partition coefficient (Wildman–Crippen LogP) is 5.57. The number of ether oxygens (including phenoxy) is 1. The maximum Gasteiger partial charge on any atom is 0.338 e. The molecular formula is C20H26O3Si. The first-order chi connectivity index (χ1) is 11.1. The molecule has 0 fully saturated rings. The molecule has 0 atom stereocenters. The van der Waals surface area contributed by atoms with Crippen LogP contribution in [0, 0.1) is 0 Å². The van der Waals surface area contributed by atoms with Gasteiger partial charge in [-0.15, -0.1) is 0 Å². The maximum atomic E-state index is 11.9. The number of fused-ring (bicyclic) bond motifs is 1. The number of rotatable bonds is 5. The average molecular weight is 343 g/mol. The Bertz CT molecular complexity index is 757. The molecule has 2 aromatic carbocycles. The molecule has 24 heavy (non-hydrogen) atoms. The Kier molecular flexibility index (Phi) is 5.18. The summed E-state index contributed by atoms with van der Waals surface area (Å²) in [7, 11) is -1.86. The van der Waals surface area contributed by atoms with Gasteiger partial charge in [-0.3, -0.25) is 0 Å². The summed E-state index contributed by atoms with van der Waals surface area (Å²) in [6, 6.07) is 11.6. The normalized spacial score (nSPS) is 12.0. The third kappa shape index (κ3) is 4.06. The van der Waals surface area contributed by atoms with Crippen LogP contribution in [0.2, 0.25) is 18.1 Å². The van der Waals surface area contributed by atoms with Crippen LogP contribution in [0.25, 0.3) is 10.8 Å². The van der Waals surface area contributed by atoms with Gasteiger partial charge < -0.3 is 9.16 Å². The molecule has 2 aromatic rings. The Morgan fingerprint density at radius 2 is 1.75 bits per heavy atom. The summed E-state index contributed by atoms with van der Waals surface area (Å²) < 4.78 is 11.4. The highest BCUT2D eigenvalue weighted by molar-refractivity contribution is 6.74. The number of esters is 1. The van der Waals surface area contributed by atoms with Crippen LogP contribution < -0.4 is 4.43 Å². The molecule has 0 saturated carbocycles. The smallest absolute Gasteiger partial charge is 0.338 e. The van der Waals surface area contributed by atoms with Crippen LogP contribution in [0.1, 0.15) is 31.1 Å². The van der Waals surface area contributed by atoms with Crippen molar-refractivity contribution in [1.82, 2.24) is 0 Å². The fourth-order valence-corrected chi connectivity index (χ4v) is 3.10. The van der Waals surface area contributed by atoms with Gasteiger partial charge in [-0.2, -0.15) is 0 Å². The number of carbonyl (C=O) groups is 1. The molecule has 0 saturated heterocycles. The Labute approximate surface area is 145 Å². The van der Waals surface area contributed by atoms with Crippen LogP contribution >= 0.6 is 0 Å². The summed E-state index contributed by atoms with van der Waals surface area (Å²) >= 11 is 0. The number of hydrogen-bond donors (Lipinski definition) is 0. The van der Waals surface area contributed by atoms with Crippen LogP contribution in [0.5, 0.6) is 5.75 Å². The number of carbonyl (C=O) groups excluding carboxylic acids is 1. The highest BCUT2D eigenvalue weighted by Crippen LogP contribution is 2.37. The second-order valence-electron chi connectivity index (χ2n) is 7.47. The van der Waals surface area contributed by atoms with E-state index in [2.05, 4.69) is 40.4 Å². The predicted molar refractivity (Wildman–Crippen MR) is 102 cm³/mol. The van der Waals surface area contributed by atoms with Gasteiger partial charge in [0.05, 0.1) is 5.56 Å². The van der Waals surface area contributed by atoms with E-state index >= 15 is 0 Å². The van der Waals surface area contributed by atoms with Gasteiger partial charge in [-0.05, 0) is 53.2 Å². The van der Waals surface area contributed by atoms with Gasteiger partial charge in [0.15, 0.2) is 0 Å². The van der Waals surface area contributed by atoms with Crippen molar-refractivity contribution in [2.45, 2.75) is 38.9 Å². The number of benzene rings is 2. The summed E-state index contributed by atoms with van der Waals surface area (Å²) in [6.07, 6.45) is 1.56. The molecule has 0 spiro atoms. The van der Waals surface area contributed by atoms with E-state index in [9.17, 15) is 4.79 Å². The number of hydrogen-bond acceptors (Lipinski definition) is 3. The molecule has 0 amide bonds. The quantitative estimate of drug-likeness (QED) is 0.405. The molecule has 2 rings (SSSR count).